The first-order valence-electron chi connectivity index (χ1n) is 16.3. The van der Waals surface area contributed by atoms with Crippen molar-refractivity contribution in [2.24, 2.45) is 28.1 Å². The number of ether oxygens (including phenoxy) is 4. The number of hydrogen-bond donors (Lipinski definition) is 8. The molecule has 0 aromatic heterocycles. The number of fused-ring (bicyclic) bond motifs is 3. The number of carbonyl (C=O) groups excluding carboxylic acids is 1. The Morgan fingerprint density at radius 2 is 1.38 bits per heavy atom. The lowest BCUT2D eigenvalue weighted by Gasteiger charge is -2.64. The highest BCUT2D eigenvalue weighted by Gasteiger charge is 2.69. The predicted molar refractivity (Wildman–Crippen MR) is 154 cm³/mol. The number of carbonyl (C=O) groups is 1. The van der Waals surface area contributed by atoms with Crippen LogP contribution in [0, 0.1) is 28.1 Å². The van der Waals surface area contributed by atoms with E-state index >= 15 is 0 Å². The van der Waals surface area contributed by atoms with Crippen LogP contribution in [0.5, 0.6) is 0 Å². The fourth-order valence-corrected chi connectivity index (χ4v) is 10.5. The Kier molecular flexibility index (Phi) is 8.77. The molecule has 13 nitrogen and oxygen atoms in total. The summed E-state index contributed by atoms with van der Waals surface area (Å²) in [6.07, 6.45) is -7.82. The monoisotopic (exact) mass is 642 g/mol. The molecule has 2 aliphatic heterocycles. The van der Waals surface area contributed by atoms with Crippen LogP contribution in [0.1, 0.15) is 71.6 Å². The molecule has 0 aromatic rings. The van der Waals surface area contributed by atoms with Gasteiger partial charge in [0, 0.05) is 0 Å². The lowest BCUT2D eigenvalue weighted by molar-refractivity contribution is -0.327. The van der Waals surface area contributed by atoms with Crippen molar-refractivity contribution in [2.75, 3.05) is 13.2 Å². The molecule has 1 spiro atoms. The fraction of sp³-hybridized carbons (Fsp3) is 0.906. The maximum atomic E-state index is 13.9. The van der Waals surface area contributed by atoms with E-state index < -0.39 is 91.6 Å². The van der Waals surface area contributed by atoms with Crippen LogP contribution >= 0.6 is 0 Å². The highest BCUT2D eigenvalue weighted by molar-refractivity contribution is 5.77. The first-order valence-corrected chi connectivity index (χ1v) is 16.3. The van der Waals surface area contributed by atoms with E-state index in [1.807, 2.05) is 6.92 Å². The van der Waals surface area contributed by atoms with Crippen molar-refractivity contribution in [2.45, 2.75) is 139 Å². The molecule has 2 bridgehead atoms. The van der Waals surface area contributed by atoms with E-state index in [1.54, 1.807) is 0 Å². The molecule has 6 unspecified atom stereocenters. The average molecular weight is 643 g/mol. The average Bonchev–Trinajstić information content (AvgIpc) is 3.20. The minimum atomic E-state index is -1.67. The van der Waals surface area contributed by atoms with Gasteiger partial charge in [0.1, 0.15) is 48.8 Å². The highest BCUT2D eigenvalue weighted by atomic mass is 16.7. The van der Waals surface area contributed by atoms with Crippen LogP contribution in [0.25, 0.3) is 0 Å². The summed E-state index contributed by atoms with van der Waals surface area (Å²) >= 11 is 0. The zero-order chi connectivity index (χ0) is 32.7. The molecule has 6 aliphatic rings. The van der Waals surface area contributed by atoms with Gasteiger partial charge in [0.25, 0.3) is 0 Å². The number of aliphatic hydroxyl groups is 8. The van der Waals surface area contributed by atoms with Gasteiger partial charge in [0.15, 0.2) is 6.29 Å². The maximum absolute atomic E-state index is 13.9. The van der Waals surface area contributed by atoms with Gasteiger partial charge in [-0.3, -0.25) is 4.79 Å². The van der Waals surface area contributed by atoms with Crippen molar-refractivity contribution in [1.82, 2.24) is 0 Å². The van der Waals surface area contributed by atoms with E-state index in [2.05, 4.69) is 13.5 Å². The Labute approximate surface area is 262 Å². The molecule has 0 radical (unpaired) electrons. The summed E-state index contributed by atoms with van der Waals surface area (Å²) in [4.78, 5) is 13.9. The molecule has 0 amide bonds. The quantitative estimate of drug-likeness (QED) is 0.102. The van der Waals surface area contributed by atoms with E-state index in [0.29, 0.717) is 25.7 Å². The van der Waals surface area contributed by atoms with Gasteiger partial charge in [-0.2, -0.15) is 0 Å². The predicted octanol–water partition coefficient (Wildman–Crippen LogP) is -0.762. The smallest absolute Gasteiger partial charge is 0.314 e. The van der Waals surface area contributed by atoms with Crippen LogP contribution in [-0.2, 0) is 23.7 Å². The Balaban J connectivity index is 1.20. The van der Waals surface area contributed by atoms with Crippen LogP contribution in [0.4, 0.5) is 0 Å². The topological polar surface area (TPSA) is 216 Å². The molecule has 4 saturated carbocycles. The molecule has 6 rings (SSSR count). The number of esters is 1. The summed E-state index contributed by atoms with van der Waals surface area (Å²) < 4.78 is 23.4. The standard InChI is InChI=1S/C32H50O13/c1-15-11-31-9-5-18-29(2,7-4-8-30(18,3)28(41)44-26-24(39)22(37)20(35)16(12-33)42-26)19(31)6-10-32(15,14-31)45-27-25(40)23(38)21(36)17(13-34)43-27/h16-27,33-40H,1,4-14H2,2-3H3/t16?,17-,18+,19+,20-,21?,22?,23?,24?,25-,26+,27?,29-,30-,31-,32+/m1/s1. The second-order valence-electron chi connectivity index (χ2n) is 15.2. The van der Waals surface area contributed by atoms with Crippen LogP contribution in [0.3, 0.4) is 0 Å². The second-order valence-corrected chi connectivity index (χ2v) is 15.2. The van der Waals surface area contributed by atoms with E-state index in [1.165, 1.54) is 0 Å². The van der Waals surface area contributed by atoms with Gasteiger partial charge in [0.2, 0.25) is 6.29 Å². The first kappa shape index (κ1) is 33.7. The molecule has 2 heterocycles. The summed E-state index contributed by atoms with van der Waals surface area (Å²) in [5, 5.41) is 81.4. The number of aliphatic hydroxyl groups excluding tert-OH is 8. The van der Waals surface area contributed by atoms with E-state index in [9.17, 15) is 45.6 Å². The van der Waals surface area contributed by atoms with Crippen molar-refractivity contribution < 1.29 is 64.6 Å². The molecule has 2 saturated heterocycles. The first-order chi connectivity index (χ1) is 21.2. The van der Waals surface area contributed by atoms with E-state index in [0.717, 1.165) is 37.7 Å². The highest BCUT2D eigenvalue weighted by Crippen LogP contribution is 2.73. The minimum absolute atomic E-state index is 0.0421. The minimum Gasteiger partial charge on any atom is -0.432 e. The van der Waals surface area contributed by atoms with Gasteiger partial charge < -0.3 is 59.8 Å². The van der Waals surface area contributed by atoms with Gasteiger partial charge in [-0.1, -0.05) is 19.9 Å². The molecule has 4 aliphatic carbocycles. The summed E-state index contributed by atoms with van der Waals surface area (Å²) in [5.41, 5.74) is -1.20. The molecule has 16 atom stereocenters. The van der Waals surface area contributed by atoms with Gasteiger partial charge >= 0.3 is 5.97 Å². The zero-order valence-corrected chi connectivity index (χ0v) is 26.0. The molecule has 13 heteroatoms. The lowest BCUT2D eigenvalue weighted by atomic mass is 9.41. The number of rotatable bonds is 6. The third kappa shape index (κ3) is 5.04. The molecule has 8 N–H and O–H groups in total. The van der Waals surface area contributed by atoms with Crippen LogP contribution in [0.15, 0.2) is 12.2 Å². The van der Waals surface area contributed by atoms with Crippen molar-refractivity contribution in [1.29, 1.82) is 0 Å². The van der Waals surface area contributed by atoms with Crippen molar-refractivity contribution in [3.8, 4) is 0 Å². The lowest BCUT2D eigenvalue weighted by Crippen LogP contribution is -2.63. The fourth-order valence-electron chi connectivity index (χ4n) is 10.5. The Bertz CT molecular complexity index is 1150. The maximum Gasteiger partial charge on any atom is 0.314 e. The SMILES string of the molecule is C=C1C[C@@]23CC[C@H]4[C@@](C)(CCC[C@@]4(C)C(=O)O[C@@H]4OC(CO)[C@@H](O)C(O)C4O)[C@@H]2CC[C@]1(OC1O[C@H](CO)C(O)C(O)[C@H]1O)C3. The van der Waals surface area contributed by atoms with Crippen molar-refractivity contribution >= 4 is 5.97 Å². The third-order valence-electron chi connectivity index (χ3n) is 12.9. The van der Waals surface area contributed by atoms with Gasteiger partial charge in [-0.15, -0.1) is 0 Å². The zero-order valence-electron chi connectivity index (χ0n) is 26.0. The van der Waals surface area contributed by atoms with Crippen molar-refractivity contribution in [3.63, 3.8) is 0 Å². The normalized spacial score (nSPS) is 54.7. The summed E-state index contributed by atoms with van der Waals surface area (Å²) in [6, 6.07) is 0. The van der Waals surface area contributed by atoms with Crippen LogP contribution < -0.4 is 0 Å². The third-order valence-corrected chi connectivity index (χ3v) is 12.9. The van der Waals surface area contributed by atoms with E-state index in [4.69, 9.17) is 18.9 Å². The van der Waals surface area contributed by atoms with E-state index in [-0.39, 0.29) is 22.7 Å². The summed E-state index contributed by atoms with van der Waals surface area (Å²) in [6.45, 7) is 7.41. The summed E-state index contributed by atoms with van der Waals surface area (Å²) in [7, 11) is 0. The molecule has 256 valence electrons. The molecular formula is C32H50O13. The molecular weight excluding hydrogens is 592 g/mol. The second kappa shape index (κ2) is 11.7. The van der Waals surface area contributed by atoms with Gasteiger partial charge in [0.05, 0.1) is 24.2 Å². The Hall–Kier alpha value is -1.23. The largest absolute Gasteiger partial charge is 0.432 e. The number of hydrogen-bond acceptors (Lipinski definition) is 13. The van der Waals surface area contributed by atoms with Crippen LogP contribution in [0.2, 0.25) is 0 Å². The molecule has 45 heavy (non-hydrogen) atoms. The molecule has 0 aromatic carbocycles. The summed E-state index contributed by atoms with van der Waals surface area (Å²) in [5.74, 6) is -0.348. The van der Waals surface area contributed by atoms with Gasteiger partial charge in [-0.25, -0.2) is 0 Å². The Morgan fingerprint density at radius 3 is 2.00 bits per heavy atom. The van der Waals surface area contributed by atoms with Crippen molar-refractivity contribution in [3.05, 3.63) is 12.2 Å². The van der Waals surface area contributed by atoms with Crippen LogP contribution in [-0.4, -0.2) is 127 Å². The van der Waals surface area contributed by atoms with Gasteiger partial charge in [-0.05, 0) is 86.5 Å². The molecule has 6 fully saturated rings. The Morgan fingerprint density at radius 1 is 0.800 bits per heavy atom.